The molecule has 4 rings (SSSR count). The Labute approximate surface area is 157 Å². The molecule has 8 nitrogen and oxygen atoms in total. The van der Waals surface area contributed by atoms with Crippen molar-refractivity contribution in [2.24, 2.45) is 5.92 Å². The van der Waals surface area contributed by atoms with E-state index in [4.69, 9.17) is 19.3 Å². The van der Waals surface area contributed by atoms with Crippen LogP contribution in [0.1, 0.15) is 31.2 Å². The number of carboxylic acids is 1. The van der Waals surface area contributed by atoms with Gasteiger partial charge in [-0.25, -0.2) is 10.9 Å². The van der Waals surface area contributed by atoms with E-state index in [9.17, 15) is 4.79 Å². The van der Waals surface area contributed by atoms with Crippen molar-refractivity contribution in [3.05, 3.63) is 29.8 Å². The lowest BCUT2D eigenvalue weighted by Crippen LogP contribution is -2.44. The van der Waals surface area contributed by atoms with Gasteiger partial charge < -0.3 is 19.3 Å². The van der Waals surface area contributed by atoms with Crippen LogP contribution in [0.2, 0.25) is 0 Å². The number of hydrogen-bond donors (Lipinski definition) is 4. The largest absolute Gasteiger partial charge is 0.480 e. The van der Waals surface area contributed by atoms with Crippen LogP contribution >= 0.6 is 0 Å². The topological polar surface area (TPSA) is 101 Å². The predicted molar refractivity (Wildman–Crippen MR) is 95.2 cm³/mol. The van der Waals surface area contributed by atoms with Crippen molar-refractivity contribution < 1.29 is 24.1 Å². The number of carboxylic acid groups (broad SMARTS) is 1. The molecule has 3 fully saturated rings. The van der Waals surface area contributed by atoms with E-state index in [0.717, 1.165) is 31.2 Å². The normalized spacial score (nSPS) is 27.3. The van der Waals surface area contributed by atoms with Crippen LogP contribution in [0.4, 0.5) is 0 Å². The summed E-state index contributed by atoms with van der Waals surface area (Å²) in [5.74, 6) is 6.08. The fourth-order valence-corrected chi connectivity index (χ4v) is 3.61. The number of nitrogens with one attached hydrogen (secondary N) is 3. The summed E-state index contributed by atoms with van der Waals surface area (Å²) < 4.78 is 17.2. The maximum absolute atomic E-state index is 11.2. The van der Waals surface area contributed by atoms with Gasteiger partial charge in [-0.15, -0.1) is 0 Å². The van der Waals surface area contributed by atoms with Gasteiger partial charge in [-0.05, 0) is 31.0 Å². The molecule has 2 saturated heterocycles. The first-order valence-electron chi connectivity index (χ1n) is 9.19. The molecule has 2 atom stereocenters. The summed E-state index contributed by atoms with van der Waals surface area (Å²) in [6.45, 7) is 1.37. The number of rotatable bonds is 3. The van der Waals surface area contributed by atoms with Crippen LogP contribution in [0.5, 0.6) is 5.75 Å². The fraction of sp³-hybridized carbons (Fsp3) is 0.526. The summed E-state index contributed by atoms with van der Waals surface area (Å²) in [5, 5.41) is 9.16. The molecule has 1 aromatic carbocycles. The summed E-state index contributed by atoms with van der Waals surface area (Å²) in [4.78, 5) is 11.2. The Morgan fingerprint density at radius 1 is 1.22 bits per heavy atom. The van der Waals surface area contributed by atoms with E-state index in [1.807, 2.05) is 18.2 Å². The van der Waals surface area contributed by atoms with Gasteiger partial charge in [0.05, 0.1) is 13.2 Å². The molecule has 0 bridgehead atoms. The van der Waals surface area contributed by atoms with Crippen LogP contribution in [-0.4, -0.2) is 42.3 Å². The van der Waals surface area contributed by atoms with Gasteiger partial charge in [0, 0.05) is 24.3 Å². The molecule has 1 aromatic rings. The Balaban J connectivity index is 1.36. The summed E-state index contributed by atoms with van der Waals surface area (Å²) in [6, 6.07) is 6.49. The van der Waals surface area contributed by atoms with Crippen molar-refractivity contribution in [3.8, 4) is 17.6 Å². The van der Waals surface area contributed by atoms with Crippen LogP contribution in [0.3, 0.4) is 0 Å². The number of ether oxygens (including phenoxy) is 3. The highest BCUT2D eigenvalue weighted by Gasteiger charge is 2.40. The van der Waals surface area contributed by atoms with Crippen LogP contribution < -0.4 is 21.1 Å². The van der Waals surface area contributed by atoms with Gasteiger partial charge in [-0.2, -0.15) is 5.53 Å². The third kappa shape index (κ3) is 4.24. The summed E-state index contributed by atoms with van der Waals surface area (Å²) >= 11 is 0. The van der Waals surface area contributed by atoms with Gasteiger partial charge in [0.1, 0.15) is 5.75 Å². The first-order chi connectivity index (χ1) is 13.1. The van der Waals surface area contributed by atoms with Crippen molar-refractivity contribution in [1.82, 2.24) is 16.4 Å². The van der Waals surface area contributed by atoms with Crippen molar-refractivity contribution in [1.29, 1.82) is 0 Å². The first-order valence-corrected chi connectivity index (χ1v) is 9.19. The molecule has 0 aromatic heterocycles. The average molecular weight is 373 g/mol. The van der Waals surface area contributed by atoms with E-state index in [0.29, 0.717) is 24.9 Å². The highest BCUT2D eigenvalue weighted by Crippen LogP contribution is 2.38. The second-order valence-corrected chi connectivity index (χ2v) is 6.95. The molecule has 1 aliphatic carbocycles. The zero-order valence-electron chi connectivity index (χ0n) is 14.9. The Bertz CT molecular complexity index is 743. The minimum Gasteiger partial charge on any atom is -0.480 e. The first kappa shape index (κ1) is 18.2. The Morgan fingerprint density at radius 3 is 2.74 bits per heavy atom. The van der Waals surface area contributed by atoms with E-state index in [-0.39, 0.29) is 5.79 Å². The molecule has 0 radical (unpaired) electrons. The zero-order chi connectivity index (χ0) is 18.7. The Kier molecular flexibility index (Phi) is 5.29. The Morgan fingerprint density at radius 2 is 2.00 bits per heavy atom. The van der Waals surface area contributed by atoms with Gasteiger partial charge in [-0.1, -0.05) is 17.9 Å². The highest BCUT2D eigenvalue weighted by atomic mass is 16.7. The maximum Gasteiger partial charge on any atom is 0.327 e. The molecule has 3 aliphatic rings. The lowest BCUT2D eigenvalue weighted by molar-refractivity contribution is -0.180. The molecule has 1 saturated carbocycles. The van der Waals surface area contributed by atoms with Crippen LogP contribution in [0.15, 0.2) is 24.3 Å². The van der Waals surface area contributed by atoms with Gasteiger partial charge in [0.25, 0.3) is 0 Å². The molecule has 2 heterocycles. The molecular weight excluding hydrogens is 350 g/mol. The van der Waals surface area contributed by atoms with E-state index in [1.54, 1.807) is 6.07 Å². The monoisotopic (exact) mass is 373 g/mol. The second kappa shape index (κ2) is 7.84. The SMILES string of the molecule is O=C(O)C1NNNC1Oc1cccc(C#CC2CCC3(CC2)OCCO3)c1. The van der Waals surface area contributed by atoms with Gasteiger partial charge >= 0.3 is 5.97 Å². The van der Waals surface area contributed by atoms with Gasteiger partial charge in [0.2, 0.25) is 0 Å². The highest BCUT2D eigenvalue weighted by molar-refractivity contribution is 5.74. The quantitative estimate of drug-likeness (QED) is 0.576. The fourth-order valence-electron chi connectivity index (χ4n) is 3.61. The van der Waals surface area contributed by atoms with E-state index in [2.05, 4.69) is 28.2 Å². The number of hydrazine groups is 2. The number of aliphatic carboxylic acids is 1. The molecule has 144 valence electrons. The van der Waals surface area contributed by atoms with Crippen molar-refractivity contribution in [2.75, 3.05) is 13.2 Å². The van der Waals surface area contributed by atoms with E-state index >= 15 is 0 Å². The number of hydrogen-bond acceptors (Lipinski definition) is 7. The molecule has 0 amide bonds. The van der Waals surface area contributed by atoms with Crippen LogP contribution in [-0.2, 0) is 14.3 Å². The minimum absolute atomic E-state index is 0.328. The summed E-state index contributed by atoms with van der Waals surface area (Å²) in [5.41, 5.74) is 8.75. The van der Waals surface area contributed by atoms with Crippen LogP contribution in [0, 0.1) is 17.8 Å². The molecular formula is C19H23N3O5. The third-order valence-corrected chi connectivity index (χ3v) is 5.09. The maximum atomic E-state index is 11.2. The molecule has 2 unspecified atom stereocenters. The summed E-state index contributed by atoms with van der Waals surface area (Å²) in [7, 11) is 0. The smallest absolute Gasteiger partial charge is 0.327 e. The molecule has 2 aliphatic heterocycles. The predicted octanol–water partition coefficient (Wildman–Crippen LogP) is 0.742. The molecule has 27 heavy (non-hydrogen) atoms. The van der Waals surface area contributed by atoms with Crippen LogP contribution in [0.25, 0.3) is 0 Å². The third-order valence-electron chi connectivity index (χ3n) is 5.09. The molecule has 1 spiro atoms. The minimum atomic E-state index is -1.00. The van der Waals surface area contributed by atoms with Crippen molar-refractivity contribution in [3.63, 3.8) is 0 Å². The zero-order valence-corrected chi connectivity index (χ0v) is 14.9. The van der Waals surface area contributed by atoms with Gasteiger partial charge in [-0.3, -0.25) is 4.79 Å². The standard InChI is InChI=1S/C19H23N3O5/c23-18(24)16-17(21-22-20-16)27-15-3-1-2-14(12-15)5-4-13-6-8-19(9-7-13)25-10-11-26-19/h1-3,12-13,16-17,20-22H,6-11H2,(H,23,24). The van der Waals surface area contributed by atoms with Crippen molar-refractivity contribution >= 4 is 5.97 Å². The number of carbonyl (C=O) groups is 1. The van der Waals surface area contributed by atoms with Gasteiger partial charge in [0.15, 0.2) is 18.1 Å². The van der Waals surface area contributed by atoms with E-state index in [1.165, 1.54) is 0 Å². The molecule has 4 N–H and O–H groups in total. The lowest BCUT2D eigenvalue weighted by Gasteiger charge is -2.33. The van der Waals surface area contributed by atoms with Crippen molar-refractivity contribution in [2.45, 2.75) is 43.7 Å². The summed E-state index contributed by atoms with van der Waals surface area (Å²) in [6.07, 6.45) is 2.99. The molecule has 8 heteroatoms. The average Bonchev–Trinajstić information content (AvgIpc) is 3.32. The van der Waals surface area contributed by atoms with E-state index < -0.39 is 18.2 Å². The second-order valence-electron chi connectivity index (χ2n) is 6.95. The Hall–Kier alpha value is -2.15. The lowest BCUT2D eigenvalue weighted by atomic mass is 9.85. The number of benzene rings is 1.